The molecule has 5 nitrogen and oxygen atoms in total. The molecule has 0 aliphatic rings. The molecule has 0 fully saturated rings. The van der Waals surface area contributed by atoms with Gasteiger partial charge in [0, 0.05) is 17.6 Å². The molecular formula is C18H18ClFN2O3. The third-order valence-electron chi connectivity index (χ3n) is 3.55. The average molecular weight is 365 g/mol. The Morgan fingerprint density at radius 2 is 1.84 bits per heavy atom. The highest BCUT2D eigenvalue weighted by Crippen LogP contribution is 2.30. The van der Waals surface area contributed by atoms with Crippen molar-refractivity contribution in [3.8, 4) is 5.75 Å². The number of methoxy groups -OCH3 is 1. The number of aryl methyl sites for hydroxylation is 1. The highest BCUT2D eigenvalue weighted by molar-refractivity contribution is 6.40. The van der Waals surface area contributed by atoms with Gasteiger partial charge in [-0.1, -0.05) is 23.7 Å². The van der Waals surface area contributed by atoms with Gasteiger partial charge in [0.25, 0.3) is 0 Å². The van der Waals surface area contributed by atoms with Gasteiger partial charge in [0.15, 0.2) is 0 Å². The SMILES string of the molecule is COc1cc(Cl)c(C)cc1NC(=O)C(=O)NCCc1ccc(F)cc1. The van der Waals surface area contributed by atoms with E-state index in [1.165, 1.54) is 19.2 Å². The number of halogens is 2. The lowest BCUT2D eigenvalue weighted by molar-refractivity contribution is -0.136. The number of carbonyl (C=O) groups excluding carboxylic acids is 2. The molecule has 0 bridgehead atoms. The number of ether oxygens (including phenoxy) is 1. The second kappa shape index (κ2) is 8.48. The van der Waals surface area contributed by atoms with E-state index in [4.69, 9.17) is 16.3 Å². The molecule has 0 heterocycles. The molecule has 2 rings (SSSR count). The van der Waals surface area contributed by atoms with Gasteiger partial charge in [-0.3, -0.25) is 9.59 Å². The topological polar surface area (TPSA) is 67.4 Å². The first kappa shape index (κ1) is 18.7. The van der Waals surface area contributed by atoms with Crippen LogP contribution in [0.25, 0.3) is 0 Å². The van der Waals surface area contributed by atoms with Crippen LogP contribution >= 0.6 is 11.6 Å². The Balaban J connectivity index is 1.91. The standard InChI is InChI=1S/C18H18ClFN2O3/c1-11-9-15(16(25-2)10-14(11)19)22-18(24)17(23)21-8-7-12-3-5-13(20)6-4-12/h3-6,9-10H,7-8H2,1-2H3,(H,21,23)(H,22,24). The van der Waals surface area contributed by atoms with Crippen LogP contribution in [0.2, 0.25) is 5.02 Å². The Morgan fingerprint density at radius 3 is 2.48 bits per heavy atom. The Kier molecular flexibility index (Phi) is 6.36. The van der Waals surface area contributed by atoms with Crippen LogP contribution < -0.4 is 15.4 Å². The summed E-state index contributed by atoms with van der Waals surface area (Å²) in [4.78, 5) is 23.9. The highest BCUT2D eigenvalue weighted by Gasteiger charge is 2.16. The summed E-state index contributed by atoms with van der Waals surface area (Å²) >= 11 is 6.00. The summed E-state index contributed by atoms with van der Waals surface area (Å²) in [7, 11) is 1.44. The fraction of sp³-hybridized carbons (Fsp3) is 0.222. The monoisotopic (exact) mass is 364 g/mol. The Hall–Kier alpha value is -2.60. The number of nitrogens with one attached hydrogen (secondary N) is 2. The highest BCUT2D eigenvalue weighted by atomic mass is 35.5. The van der Waals surface area contributed by atoms with E-state index in [1.54, 1.807) is 31.2 Å². The normalized spacial score (nSPS) is 10.2. The zero-order valence-electron chi connectivity index (χ0n) is 13.9. The van der Waals surface area contributed by atoms with Crippen molar-refractivity contribution < 1.29 is 18.7 Å². The van der Waals surface area contributed by atoms with Crippen molar-refractivity contribution in [2.75, 3.05) is 19.0 Å². The molecule has 0 radical (unpaired) electrons. The maximum Gasteiger partial charge on any atom is 0.313 e. The van der Waals surface area contributed by atoms with E-state index >= 15 is 0 Å². The number of anilines is 1. The number of benzene rings is 2. The van der Waals surface area contributed by atoms with Crippen molar-refractivity contribution in [1.29, 1.82) is 0 Å². The molecule has 2 amide bonds. The fourth-order valence-electron chi connectivity index (χ4n) is 2.16. The van der Waals surface area contributed by atoms with Crippen LogP contribution in [0.1, 0.15) is 11.1 Å². The van der Waals surface area contributed by atoms with Gasteiger partial charge in [0.2, 0.25) is 0 Å². The molecule has 0 saturated carbocycles. The Morgan fingerprint density at radius 1 is 1.16 bits per heavy atom. The molecule has 0 aromatic heterocycles. The maximum atomic E-state index is 12.8. The van der Waals surface area contributed by atoms with Crippen LogP contribution in [-0.4, -0.2) is 25.5 Å². The van der Waals surface area contributed by atoms with Crippen molar-refractivity contribution in [1.82, 2.24) is 5.32 Å². The van der Waals surface area contributed by atoms with Crippen molar-refractivity contribution in [2.45, 2.75) is 13.3 Å². The first-order chi connectivity index (χ1) is 11.9. The fourth-order valence-corrected chi connectivity index (χ4v) is 2.31. The summed E-state index contributed by atoms with van der Waals surface area (Å²) < 4.78 is 18.0. The summed E-state index contributed by atoms with van der Waals surface area (Å²) in [6.45, 7) is 2.04. The first-order valence-corrected chi connectivity index (χ1v) is 7.96. The molecule has 132 valence electrons. The van der Waals surface area contributed by atoms with Gasteiger partial charge in [-0.05, 0) is 42.7 Å². The van der Waals surface area contributed by atoms with Gasteiger partial charge >= 0.3 is 11.8 Å². The molecule has 0 spiro atoms. The average Bonchev–Trinajstić information content (AvgIpc) is 2.59. The quantitative estimate of drug-likeness (QED) is 0.801. The number of carbonyl (C=O) groups is 2. The van der Waals surface area contributed by atoms with E-state index in [0.717, 1.165) is 11.1 Å². The van der Waals surface area contributed by atoms with E-state index < -0.39 is 11.8 Å². The minimum Gasteiger partial charge on any atom is -0.495 e. The first-order valence-electron chi connectivity index (χ1n) is 7.58. The molecule has 2 aromatic rings. The predicted molar refractivity (Wildman–Crippen MR) is 94.5 cm³/mol. The summed E-state index contributed by atoms with van der Waals surface area (Å²) in [5, 5.41) is 5.52. The number of rotatable bonds is 5. The molecule has 2 aromatic carbocycles. The molecule has 0 aliphatic carbocycles. The van der Waals surface area contributed by atoms with E-state index in [0.29, 0.717) is 22.9 Å². The lowest BCUT2D eigenvalue weighted by atomic mass is 10.1. The van der Waals surface area contributed by atoms with Crippen LogP contribution in [0.3, 0.4) is 0 Å². The molecule has 2 N–H and O–H groups in total. The molecule has 25 heavy (non-hydrogen) atoms. The van der Waals surface area contributed by atoms with Crippen LogP contribution in [-0.2, 0) is 16.0 Å². The molecule has 0 atom stereocenters. The van der Waals surface area contributed by atoms with Crippen LogP contribution in [0.5, 0.6) is 5.75 Å². The zero-order valence-corrected chi connectivity index (χ0v) is 14.6. The second-order valence-corrected chi connectivity index (χ2v) is 5.80. The van der Waals surface area contributed by atoms with Crippen molar-refractivity contribution in [3.05, 3.63) is 58.4 Å². The van der Waals surface area contributed by atoms with E-state index in [2.05, 4.69) is 10.6 Å². The smallest absolute Gasteiger partial charge is 0.313 e. The third kappa shape index (κ3) is 5.19. The van der Waals surface area contributed by atoms with Crippen LogP contribution in [0, 0.1) is 12.7 Å². The summed E-state index contributed by atoms with van der Waals surface area (Å²) in [6.07, 6.45) is 0.489. The Labute approximate surface area is 150 Å². The summed E-state index contributed by atoms with van der Waals surface area (Å²) in [6, 6.07) is 9.15. The van der Waals surface area contributed by atoms with Crippen LogP contribution in [0.15, 0.2) is 36.4 Å². The zero-order chi connectivity index (χ0) is 18.4. The van der Waals surface area contributed by atoms with Gasteiger partial charge in [-0.25, -0.2) is 4.39 Å². The second-order valence-electron chi connectivity index (χ2n) is 5.39. The largest absolute Gasteiger partial charge is 0.495 e. The molecule has 0 saturated heterocycles. The van der Waals surface area contributed by atoms with Gasteiger partial charge in [0.1, 0.15) is 11.6 Å². The Bertz CT molecular complexity index is 779. The van der Waals surface area contributed by atoms with E-state index in [9.17, 15) is 14.0 Å². The predicted octanol–water partition coefficient (Wildman–Crippen LogP) is 3.09. The minimum atomic E-state index is -0.806. The number of hydrogen-bond donors (Lipinski definition) is 2. The van der Waals surface area contributed by atoms with E-state index in [-0.39, 0.29) is 12.4 Å². The number of hydrogen-bond acceptors (Lipinski definition) is 3. The van der Waals surface area contributed by atoms with Crippen LogP contribution in [0.4, 0.5) is 10.1 Å². The van der Waals surface area contributed by atoms with Gasteiger partial charge < -0.3 is 15.4 Å². The lowest BCUT2D eigenvalue weighted by Gasteiger charge is -2.12. The molecule has 0 unspecified atom stereocenters. The third-order valence-corrected chi connectivity index (χ3v) is 3.95. The van der Waals surface area contributed by atoms with Crippen molar-refractivity contribution in [2.24, 2.45) is 0 Å². The molecular weight excluding hydrogens is 347 g/mol. The molecule has 0 aliphatic heterocycles. The maximum absolute atomic E-state index is 12.8. The van der Waals surface area contributed by atoms with Crippen molar-refractivity contribution in [3.63, 3.8) is 0 Å². The van der Waals surface area contributed by atoms with Gasteiger partial charge in [0.05, 0.1) is 12.8 Å². The van der Waals surface area contributed by atoms with Gasteiger partial charge in [-0.15, -0.1) is 0 Å². The molecule has 7 heteroatoms. The lowest BCUT2D eigenvalue weighted by Crippen LogP contribution is -2.36. The van der Waals surface area contributed by atoms with Crippen molar-refractivity contribution >= 4 is 29.1 Å². The summed E-state index contributed by atoms with van der Waals surface area (Å²) in [5.41, 5.74) is 1.97. The minimum absolute atomic E-state index is 0.259. The van der Waals surface area contributed by atoms with Gasteiger partial charge in [-0.2, -0.15) is 0 Å². The summed E-state index contributed by atoms with van der Waals surface area (Å²) in [5.74, 6) is -1.53. The number of amides is 2. The van der Waals surface area contributed by atoms with E-state index in [1.807, 2.05) is 0 Å².